The number of nitrogens with zero attached hydrogens (tertiary/aromatic N) is 3. The predicted molar refractivity (Wildman–Crippen MR) is 50.3 cm³/mol. The van der Waals surface area contributed by atoms with Gasteiger partial charge in [-0.1, -0.05) is 5.16 Å². The zero-order chi connectivity index (χ0) is 10.4. The zero-order valence-electron chi connectivity index (χ0n) is 7.60. The summed E-state index contributed by atoms with van der Waals surface area (Å²) in [7, 11) is 0. The minimum atomic E-state index is -0.0980. The summed E-state index contributed by atoms with van der Waals surface area (Å²) >= 11 is 0. The first kappa shape index (κ1) is 10.1. The monoisotopic (exact) mass is 193 g/mol. The zero-order valence-corrected chi connectivity index (χ0v) is 7.60. The number of anilines is 1. The van der Waals surface area contributed by atoms with Crippen molar-refractivity contribution < 1.29 is 9.63 Å². The molecular formula is C8H9N4O2. The first-order chi connectivity index (χ1) is 6.77. The van der Waals surface area contributed by atoms with Gasteiger partial charge in [0.15, 0.2) is 11.5 Å². The first-order valence-electron chi connectivity index (χ1n) is 3.95. The molecule has 1 heterocycles. The second kappa shape index (κ2) is 4.90. The normalized spacial score (nSPS) is 11.1. The fourth-order valence-corrected chi connectivity index (χ4v) is 0.721. The van der Waals surface area contributed by atoms with Gasteiger partial charge < -0.3 is 10.6 Å². The first-order valence-corrected chi connectivity index (χ1v) is 3.95. The molecule has 0 amide bonds. The molecule has 2 N–H and O–H groups in total. The van der Waals surface area contributed by atoms with Crippen LogP contribution in [0.5, 0.6) is 0 Å². The molecule has 1 aromatic heterocycles. The predicted octanol–water partition coefficient (Wildman–Crippen LogP) is -0.0909. The van der Waals surface area contributed by atoms with Gasteiger partial charge in [-0.2, -0.15) is 0 Å². The Bertz CT molecular complexity index is 351. The lowest BCUT2D eigenvalue weighted by atomic mass is 10.4. The Hall–Kier alpha value is -1.98. The summed E-state index contributed by atoms with van der Waals surface area (Å²) in [6, 6.07) is 1.51. The molecule has 1 radical (unpaired) electrons. The van der Waals surface area contributed by atoms with Gasteiger partial charge in [-0.05, 0) is 13.0 Å². The van der Waals surface area contributed by atoms with Crippen LogP contribution in [0.15, 0.2) is 17.4 Å². The minimum absolute atomic E-state index is 0.0980. The van der Waals surface area contributed by atoms with Crippen molar-refractivity contribution in [3.8, 4) is 0 Å². The smallest absolute Gasteiger partial charge is 0.261 e. The summed E-state index contributed by atoms with van der Waals surface area (Å²) < 4.78 is 0. The molecule has 6 heteroatoms. The van der Waals surface area contributed by atoms with E-state index in [0.29, 0.717) is 6.61 Å². The van der Waals surface area contributed by atoms with Crippen molar-refractivity contribution in [2.24, 2.45) is 5.16 Å². The quantitative estimate of drug-likeness (QED) is 0.533. The molecule has 0 fully saturated rings. The molecule has 1 rings (SSSR count). The minimum Gasteiger partial charge on any atom is -0.395 e. The summed E-state index contributed by atoms with van der Waals surface area (Å²) in [5.74, 6) is 0.364. The highest BCUT2D eigenvalue weighted by Crippen LogP contribution is 1.97. The Morgan fingerprint density at radius 1 is 1.79 bits per heavy atom. The van der Waals surface area contributed by atoms with Crippen LogP contribution in [0.2, 0.25) is 0 Å². The van der Waals surface area contributed by atoms with Crippen molar-refractivity contribution in [2.45, 2.75) is 6.92 Å². The van der Waals surface area contributed by atoms with E-state index < -0.39 is 0 Å². The third kappa shape index (κ3) is 2.51. The van der Waals surface area contributed by atoms with Crippen LogP contribution in [0, 0.1) is 0 Å². The maximum Gasteiger partial charge on any atom is 0.261 e. The van der Waals surface area contributed by atoms with Gasteiger partial charge in [-0.15, -0.1) is 0 Å². The van der Waals surface area contributed by atoms with E-state index in [2.05, 4.69) is 20.0 Å². The number of rotatable bonds is 4. The molecule has 0 spiro atoms. The lowest BCUT2D eigenvalue weighted by Gasteiger charge is -1.97. The van der Waals surface area contributed by atoms with Crippen LogP contribution >= 0.6 is 0 Å². The van der Waals surface area contributed by atoms with Crippen molar-refractivity contribution in [1.29, 1.82) is 0 Å². The van der Waals surface area contributed by atoms with Crippen LogP contribution < -0.4 is 5.73 Å². The molecule has 0 saturated heterocycles. The number of nitrogens with two attached hydrogens (primary N) is 1. The van der Waals surface area contributed by atoms with Crippen molar-refractivity contribution in [3.05, 3.63) is 18.1 Å². The fourth-order valence-electron chi connectivity index (χ4n) is 0.721. The van der Waals surface area contributed by atoms with Crippen LogP contribution in [0.25, 0.3) is 0 Å². The summed E-state index contributed by atoms with van der Waals surface area (Å²) in [6.07, 6.45) is 3.00. The highest BCUT2D eigenvalue weighted by atomic mass is 16.6. The van der Waals surface area contributed by atoms with Crippen molar-refractivity contribution in [3.63, 3.8) is 0 Å². The molecule has 0 unspecified atom stereocenters. The van der Waals surface area contributed by atoms with Gasteiger partial charge in [-0.25, -0.2) is 9.97 Å². The van der Waals surface area contributed by atoms with Crippen molar-refractivity contribution >= 4 is 17.8 Å². The summed E-state index contributed by atoms with van der Waals surface area (Å²) in [4.78, 5) is 22.7. The van der Waals surface area contributed by atoms with Gasteiger partial charge >= 0.3 is 0 Å². The Morgan fingerprint density at radius 2 is 2.57 bits per heavy atom. The number of aromatic nitrogens is 2. The topological polar surface area (TPSA) is 90.5 Å². The molecule has 0 aliphatic heterocycles. The van der Waals surface area contributed by atoms with E-state index >= 15 is 0 Å². The number of nitrogen functional groups attached to an aromatic ring is 1. The SMILES string of the molecule is CCON=C([C]=O)c1nccc(N)n1. The molecule has 14 heavy (non-hydrogen) atoms. The largest absolute Gasteiger partial charge is 0.395 e. The molecule has 0 atom stereocenters. The third-order valence-electron chi connectivity index (χ3n) is 1.27. The lowest BCUT2D eigenvalue weighted by Crippen LogP contribution is -2.10. The number of carbonyl (C=O) groups excluding carboxylic acids is 1. The Balaban J connectivity index is 2.94. The third-order valence-corrected chi connectivity index (χ3v) is 1.27. The van der Waals surface area contributed by atoms with Crippen LogP contribution in [0.3, 0.4) is 0 Å². The molecule has 73 valence electrons. The van der Waals surface area contributed by atoms with E-state index in [1.54, 1.807) is 13.2 Å². The fraction of sp³-hybridized carbons (Fsp3) is 0.250. The Labute approximate surface area is 80.8 Å². The van der Waals surface area contributed by atoms with E-state index in [0.717, 1.165) is 0 Å². The standard InChI is InChI=1S/C8H9N4O2/c1-2-14-12-6(5-13)8-10-4-3-7(9)11-8/h3-4H,2H2,1H3,(H2,9,10,11). The molecule has 0 aromatic carbocycles. The molecule has 0 aliphatic rings. The molecule has 0 saturated carbocycles. The molecule has 0 aliphatic carbocycles. The van der Waals surface area contributed by atoms with Gasteiger partial charge in [-0.3, -0.25) is 4.79 Å². The summed E-state index contributed by atoms with van der Waals surface area (Å²) in [5.41, 5.74) is 5.31. The molecular weight excluding hydrogens is 184 g/mol. The Kier molecular flexibility index (Phi) is 3.54. The van der Waals surface area contributed by atoms with Crippen LogP contribution in [0.4, 0.5) is 5.82 Å². The van der Waals surface area contributed by atoms with Gasteiger partial charge in [0.1, 0.15) is 12.4 Å². The number of hydrogen-bond acceptors (Lipinski definition) is 6. The highest BCUT2D eigenvalue weighted by Gasteiger charge is 2.07. The maximum absolute atomic E-state index is 10.5. The van der Waals surface area contributed by atoms with Gasteiger partial charge in [0.2, 0.25) is 0 Å². The molecule has 6 nitrogen and oxygen atoms in total. The average molecular weight is 193 g/mol. The van der Waals surface area contributed by atoms with Crippen LogP contribution in [-0.4, -0.2) is 28.6 Å². The average Bonchev–Trinajstić information content (AvgIpc) is 2.19. The van der Waals surface area contributed by atoms with E-state index in [4.69, 9.17) is 5.73 Å². The van der Waals surface area contributed by atoms with E-state index in [1.165, 1.54) is 12.3 Å². The van der Waals surface area contributed by atoms with E-state index in [9.17, 15) is 4.79 Å². The maximum atomic E-state index is 10.5. The Morgan fingerprint density at radius 3 is 3.14 bits per heavy atom. The van der Waals surface area contributed by atoms with E-state index in [1.807, 2.05) is 0 Å². The van der Waals surface area contributed by atoms with Crippen LogP contribution in [0.1, 0.15) is 12.7 Å². The summed E-state index contributed by atoms with van der Waals surface area (Å²) in [5, 5.41) is 3.48. The van der Waals surface area contributed by atoms with Crippen molar-refractivity contribution in [2.75, 3.05) is 12.3 Å². The van der Waals surface area contributed by atoms with Gasteiger partial charge in [0.25, 0.3) is 6.29 Å². The lowest BCUT2D eigenvalue weighted by molar-refractivity contribution is 0.159. The molecule has 0 bridgehead atoms. The second-order valence-electron chi connectivity index (χ2n) is 2.26. The number of oxime groups is 1. The van der Waals surface area contributed by atoms with Gasteiger partial charge in [0, 0.05) is 6.20 Å². The van der Waals surface area contributed by atoms with Crippen molar-refractivity contribution in [1.82, 2.24) is 9.97 Å². The van der Waals surface area contributed by atoms with E-state index in [-0.39, 0.29) is 17.4 Å². The number of hydrogen-bond donors (Lipinski definition) is 1. The highest BCUT2D eigenvalue weighted by molar-refractivity contribution is 6.35. The van der Waals surface area contributed by atoms with Crippen LogP contribution in [-0.2, 0) is 9.63 Å². The second-order valence-corrected chi connectivity index (χ2v) is 2.26. The summed E-state index contributed by atoms with van der Waals surface area (Å²) in [6.45, 7) is 2.10. The van der Waals surface area contributed by atoms with Gasteiger partial charge in [0.05, 0.1) is 0 Å². The molecule has 1 aromatic rings.